The third-order valence-corrected chi connectivity index (χ3v) is 8.47. The van der Waals surface area contributed by atoms with Crippen molar-refractivity contribution in [2.24, 2.45) is 0 Å². The number of benzene rings is 3. The summed E-state index contributed by atoms with van der Waals surface area (Å²) in [4.78, 5) is 46.0. The van der Waals surface area contributed by atoms with Gasteiger partial charge in [-0.15, -0.1) is 0 Å². The maximum absolute atomic E-state index is 14.1. The summed E-state index contributed by atoms with van der Waals surface area (Å²) in [5.41, 5.74) is 0.381. The molecule has 2 heterocycles. The first-order valence-electron chi connectivity index (χ1n) is 14.0. The molecule has 0 spiro atoms. The van der Waals surface area contributed by atoms with E-state index in [1.165, 1.54) is 61.0 Å². The summed E-state index contributed by atoms with van der Waals surface area (Å²) in [6.45, 7) is 3.32. The Labute approximate surface area is 266 Å². The van der Waals surface area contributed by atoms with E-state index in [1.807, 2.05) is 6.92 Å². The molecule has 0 saturated heterocycles. The van der Waals surface area contributed by atoms with Crippen molar-refractivity contribution in [1.29, 1.82) is 0 Å². The molecule has 0 aliphatic carbocycles. The smallest absolute Gasteiger partial charge is 0.355 e. The lowest BCUT2D eigenvalue weighted by Crippen LogP contribution is -2.46. The molecule has 0 fully saturated rings. The second kappa shape index (κ2) is 12.6. The summed E-state index contributed by atoms with van der Waals surface area (Å²) in [5, 5.41) is 6.06. The second-order valence-electron chi connectivity index (χ2n) is 10.7. The quantitative estimate of drug-likeness (QED) is 0.241. The number of fused-ring (bicyclic) bond motifs is 1. The van der Waals surface area contributed by atoms with E-state index in [1.54, 1.807) is 23.1 Å². The van der Waals surface area contributed by atoms with Crippen molar-refractivity contribution in [1.82, 2.24) is 19.8 Å². The molecule has 4 aromatic rings. The van der Waals surface area contributed by atoms with Crippen LogP contribution in [0, 0.1) is 0 Å². The number of anilines is 1. The fourth-order valence-corrected chi connectivity index (χ4v) is 5.67. The lowest BCUT2D eigenvalue weighted by atomic mass is 9.98. The van der Waals surface area contributed by atoms with Gasteiger partial charge in [0, 0.05) is 29.8 Å². The predicted molar refractivity (Wildman–Crippen MR) is 166 cm³/mol. The van der Waals surface area contributed by atoms with Gasteiger partial charge in [0.2, 0.25) is 5.95 Å². The largest absolute Gasteiger partial charge is 0.416 e. The highest BCUT2D eigenvalue weighted by molar-refractivity contribution is 6.42. The van der Waals surface area contributed by atoms with E-state index in [-0.39, 0.29) is 41.3 Å². The number of alkyl halides is 3. The fourth-order valence-electron chi connectivity index (χ4n) is 5.37. The van der Waals surface area contributed by atoms with Gasteiger partial charge in [-0.1, -0.05) is 41.4 Å². The molecular weight excluding hydrogens is 630 g/mol. The molecule has 0 saturated carbocycles. The molecule has 234 valence electrons. The molecule has 0 bridgehead atoms. The van der Waals surface area contributed by atoms with E-state index in [2.05, 4.69) is 10.6 Å². The number of carbonyl (C=O) groups is 2. The van der Waals surface area contributed by atoms with Gasteiger partial charge in [-0.3, -0.25) is 14.4 Å². The van der Waals surface area contributed by atoms with Crippen molar-refractivity contribution in [3.05, 3.63) is 121 Å². The van der Waals surface area contributed by atoms with Crippen LogP contribution in [-0.2, 0) is 19.1 Å². The summed E-state index contributed by atoms with van der Waals surface area (Å²) < 4.78 is 42.9. The van der Waals surface area contributed by atoms with Crippen LogP contribution in [0.2, 0.25) is 10.0 Å². The molecule has 8 nitrogen and oxygen atoms in total. The SMILES string of the molecule is CNC(=O)c1ccc(-n2c(N[C@@H](C)c3ccccc3C(F)(F)F)nc3c(c2=O)C[C@@H](C)N(C(=O)c2ccc(Cl)c(Cl)c2)C3)cc1. The van der Waals surface area contributed by atoms with E-state index in [4.69, 9.17) is 28.2 Å². The van der Waals surface area contributed by atoms with Crippen LogP contribution in [0.5, 0.6) is 0 Å². The highest BCUT2D eigenvalue weighted by atomic mass is 35.5. The van der Waals surface area contributed by atoms with E-state index >= 15 is 0 Å². The van der Waals surface area contributed by atoms with Gasteiger partial charge < -0.3 is 15.5 Å². The lowest BCUT2D eigenvalue weighted by Gasteiger charge is -2.35. The highest BCUT2D eigenvalue weighted by Crippen LogP contribution is 2.36. The number of nitrogens with one attached hydrogen (secondary N) is 2. The Morgan fingerprint density at radius 3 is 2.31 bits per heavy atom. The Kier molecular flexibility index (Phi) is 8.95. The van der Waals surface area contributed by atoms with Crippen LogP contribution in [0.1, 0.15) is 63.0 Å². The van der Waals surface area contributed by atoms with Gasteiger partial charge in [0.05, 0.1) is 39.6 Å². The first-order valence-corrected chi connectivity index (χ1v) is 14.7. The Morgan fingerprint density at radius 2 is 1.67 bits per heavy atom. The molecule has 0 radical (unpaired) electrons. The van der Waals surface area contributed by atoms with Gasteiger partial charge in [-0.05, 0) is 74.4 Å². The van der Waals surface area contributed by atoms with E-state index < -0.39 is 29.4 Å². The zero-order valence-electron chi connectivity index (χ0n) is 24.4. The third kappa shape index (κ3) is 6.41. The van der Waals surface area contributed by atoms with Crippen LogP contribution >= 0.6 is 23.2 Å². The molecule has 45 heavy (non-hydrogen) atoms. The van der Waals surface area contributed by atoms with Gasteiger partial charge in [0.1, 0.15) is 0 Å². The van der Waals surface area contributed by atoms with Crippen LogP contribution in [0.15, 0.2) is 71.5 Å². The van der Waals surface area contributed by atoms with Crippen molar-refractivity contribution in [3.63, 3.8) is 0 Å². The van der Waals surface area contributed by atoms with Crippen molar-refractivity contribution in [2.75, 3.05) is 12.4 Å². The summed E-state index contributed by atoms with van der Waals surface area (Å²) >= 11 is 12.2. The summed E-state index contributed by atoms with van der Waals surface area (Å²) in [6.07, 6.45) is -4.43. The van der Waals surface area contributed by atoms with E-state index in [0.29, 0.717) is 33.1 Å². The number of nitrogens with zero attached hydrogens (tertiary/aromatic N) is 3. The number of hydrogen-bond acceptors (Lipinski definition) is 5. The number of halogens is 5. The Balaban J connectivity index is 1.60. The second-order valence-corrected chi connectivity index (χ2v) is 11.5. The van der Waals surface area contributed by atoms with Gasteiger partial charge in [-0.25, -0.2) is 9.55 Å². The van der Waals surface area contributed by atoms with Crippen molar-refractivity contribution in [3.8, 4) is 5.69 Å². The molecule has 1 aliphatic rings. The molecule has 3 aromatic carbocycles. The Bertz CT molecular complexity index is 1840. The van der Waals surface area contributed by atoms with Crippen LogP contribution in [0.3, 0.4) is 0 Å². The van der Waals surface area contributed by atoms with Gasteiger partial charge >= 0.3 is 6.18 Å². The predicted octanol–water partition coefficient (Wildman–Crippen LogP) is 6.68. The van der Waals surface area contributed by atoms with E-state index in [0.717, 1.165) is 6.07 Å². The summed E-state index contributed by atoms with van der Waals surface area (Å²) in [6, 6.07) is 14.6. The van der Waals surface area contributed by atoms with Crippen LogP contribution in [-0.4, -0.2) is 39.4 Å². The molecular formula is C32H28Cl2F3N5O3. The van der Waals surface area contributed by atoms with Gasteiger partial charge in [0.15, 0.2) is 0 Å². The maximum Gasteiger partial charge on any atom is 0.416 e. The minimum absolute atomic E-state index is 0.0209. The van der Waals surface area contributed by atoms with Crippen molar-refractivity contribution < 1.29 is 22.8 Å². The van der Waals surface area contributed by atoms with Crippen molar-refractivity contribution >= 4 is 41.0 Å². The Hall–Kier alpha value is -4.35. The number of hydrogen-bond donors (Lipinski definition) is 2. The van der Waals surface area contributed by atoms with Crippen LogP contribution in [0.4, 0.5) is 19.1 Å². The zero-order chi connectivity index (χ0) is 32.6. The first kappa shape index (κ1) is 32.1. The molecule has 13 heteroatoms. The minimum atomic E-state index is -4.60. The molecule has 2 N–H and O–H groups in total. The third-order valence-electron chi connectivity index (χ3n) is 7.73. The zero-order valence-corrected chi connectivity index (χ0v) is 25.9. The summed E-state index contributed by atoms with van der Waals surface area (Å²) in [5.74, 6) is -0.689. The van der Waals surface area contributed by atoms with E-state index in [9.17, 15) is 27.6 Å². The van der Waals surface area contributed by atoms with Gasteiger partial charge in [0.25, 0.3) is 17.4 Å². The normalized spacial score (nSPS) is 15.3. The molecule has 2 atom stereocenters. The van der Waals surface area contributed by atoms with Gasteiger partial charge in [-0.2, -0.15) is 13.2 Å². The monoisotopic (exact) mass is 657 g/mol. The molecule has 1 aromatic heterocycles. The molecule has 0 unspecified atom stereocenters. The maximum atomic E-state index is 14.1. The van der Waals surface area contributed by atoms with Crippen molar-refractivity contribution in [2.45, 2.75) is 45.1 Å². The molecule has 5 rings (SSSR count). The number of aromatic nitrogens is 2. The number of amides is 2. The van der Waals surface area contributed by atoms with Crippen LogP contribution < -0.4 is 16.2 Å². The number of carbonyl (C=O) groups excluding carboxylic acids is 2. The highest BCUT2D eigenvalue weighted by Gasteiger charge is 2.35. The molecule has 1 aliphatic heterocycles. The first-order chi connectivity index (χ1) is 21.3. The lowest BCUT2D eigenvalue weighted by molar-refractivity contribution is -0.138. The van der Waals surface area contributed by atoms with Crippen LogP contribution in [0.25, 0.3) is 5.69 Å². The topological polar surface area (TPSA) is 96.3 Å². The standard InChI is InChI=1S/C32H28Cl2F3N5O3/c1-17-14-23-27(16-41(17)29(44)20-10-13-25(33)26(34)15-20)40-31(39-18(2)22-6-4-5-7-24(22)32(35,36)37)42(30(23)45)21-11-8-19(9-12-21)28(43)38-3/h4-13,15,17-18H,14,16H2,1-3H3,(H,38,43)(H,39,40)/t17-,18+/m1/s1. The fraction of sp³-hybridized carbons (Fsp3) is 0.250. The average Bonchev–Trinajstić information content (AvgIpc) is 3.01. The number of rotatable bonds is 6. The minimum Gasteiger partial charge on any atom is -0.355 e. The average molecular weight is 659 g/mol. The molecule has 2 amide bonds. The summed E-state index contributed by atoms with van der Waals surface area (Å²) in [7, 11) is 1.49. The Morgan fingerprint density at radius 1 is 1.00 bits per heavy atom.